The number of nitro benzene ring substituents is 1. The van der Waals surface area contributed by atoms with Crippen LogP contribution in [0.1, 0.15) is 28.5 Å². The number of amides is 1. The van der Waals surface area contributed by atoms with Crippen molar-refractivity contribution < 1.29 is 22.9 Å². The maximum absolute atomic E-state index is 13.0. The number of carbonyl (C=O) groups is 1. The van der Waals surface area contributed by atoms with Crippen molar-refractivity contribution in [3.63, 3.8) is 0 Å². The second-order valence-corrected chi connectivity index (χ2v) is 6.99. The number of nitrogens with zero attached hydrogens (tertiary/aromatic N) is 1. The van der Waals surface area contributed by atoms with Crippen LogP contribution in [0.25, 0.3) is 10.9 Å². The number of hydrogen-bond donors (Lipinski definition) is 2. The van der Waals surface area contributed by atoms with Crippen LogP contribution in [0.5, 0.6) is 0 Å². The third-order valence-corrected chi connectivity index (χ3v) is 4.62. The molecule has 0 fully saturated rings. The number of nitrogens with one attached hydrogen (secondary N) is 2. The van der Waals surface area contributed by atoms with Crippen molar-refractivity contribution in [2.45, 2.75) is 18.6 Å². The van der Waals surface area contributed by atoms with Gasteiger partial charge >= 0.3 is 6.18 Å². The van der Waals surface area contributed by atoms with Gasteiger partial charge in [0, 0.05) is 15.9 Å². The summed E-state index contributed by atoms with van der Waals surface area (Å²) in [7, 11) is 0. The molecular formula is C18H13BrF3N3O3. The number of alkyl halides is 3. The van der Waals surface area contributed by atoms with Crippen molar-refractivity contribution in [2.24, 2.45) is 0 Å². The van der Waals surface area contributed by atoms with Gasteiger partial charge in [0.1, 0.15) is 11.2 Å². The Morgan fingerprint density at radius 3 is 2.50 bits per heavy atom. The molecule has 0 bridgehead atoms. The van der Waals surface area contributed by atoms with E-state index in [1.807, 2.05) is 0 Å². The van der Waals surface area contributed by atoms with E-state index in [2.05, 4.69) is 26.2 Å². The van der Waals surface area contributed by atoms with Gasteiger partial charge in [-0.05, 0) is 23.8 Å². The van der Waals surface area contributed by atoms with Crippen molar-refractivity contribution in [1.29, 1.82) is 0 Å². The van der Waals surface area contributed by atoms with Gasteiger partial charge in [-0.3, -0.25) is 14.9 Å². The lowest BCUT2D eigenvalue weighted by Gasteiger charge is -2.20. The number of H-pyrrole nitrogens is 1. The summed E-state index contributed by atoms with van der Waals surface area (Å²) in [4.78, 5) is 25.7. The van der Waals surface area contributed by atoms with E-state index in [0.717, 1.165) is 0 Å². The molecule has 0 aliphatic heterocycles. The fourth-order valence-corrected chi connectivity index (χ4v) is 3.09. The van der Waals surface area contributed by atoms with Crippen LogP contribution in [-0.2, 0) is 0 Å². The van der Waals surface area contributed by atoms with E-state index in [0.29, 0.717) is 9.86 Å². The first kappa shape index (κ1) is 19.9. The lowest BCUT2D eigenvalue weighted by Crippen LogP contribution is -2.32. The van der Waals surface area contributed by atoms with E-state index in [1.165, 1.54) is 30.3 Å². The number of carbonyl (C=O) groups excluding carboxylic acids is 1. The number of aromatic nitrogens is 1. The third-order valence-electron chi connectivity index (χ3n) is 4.09. The molecule has 1 atom stereocenters. The van der Waals surface area contributed by atoms with Gasteiger partial charge in [-0.2, -0.15) is 13.2 Å². The number of aromatic amines is 1. The monoisotopic (exact) mass is 455 g/mol. The number of halogens is 4. The zero-order chi connectivity index (χ0) is 20.5. The van der Waals surface area contributed by atoms with Crippen LogP contribution in [-0.4, -0.2) is 22.0 Å². The molecule has 0 saturated carbocycles. The summed E-state index contributed by atoms with van der Waals surface area (Å²) in [5.74, 6) is -0.789. The predicted octanol–water partition coefficient (Wildman–Crippen LogP) is 5.26. The molecule has 0 saturated heterocycles. The standard InChI is InChI=1S/C18H13BrF3N3O3/c19-12-6-4-10(5-7-12)14(9-18(20,21)22)24-17(26)13-8-11-2-1-3-15(25(27)28)16(11)23-13/h1-8,14,23H,9H2,(H,24,26). The number of para-hydroxylation sites is 1. The number of nitro groups is 1. The largest absolute Gasteiger partial charge is 0.391 e. The Labute approximate surface area is 165 Å². The molecule has 0 radical (unpaired) electrons. The van der Waals surface area contributed by atoms with Crippen LogP contribution in [0, 0.1) is 10.1 Å². The van der Waals surface area contributed by atoms with Crippen LogP contribution in [0.2, 0.25) is 0 Å². The molecule has 0 aliphatic carbocycles. The summed E-state index contributed by atoms with van der Waals surface area (Å²) in [5, 5.41) is 13.9. The van der Waals surface area contributed by atoms with Gasteiger partial charge in [0.15, 0.2) is 0 Å². The zero-order valence-electron chi connectivity index (χ0n) is 14.1. The fraction of sp³-hybridized carbons (Fsp3) is 0.167. The highest BCUT2D eigenvalue weighted by molar-refractivity contribution is 9.10. The van der Waals surface area contributed by atoms with Crippen LogP contribution in [0.15, 0.2) is 53.0 Å². The van der Waals surface area contributed by atoms with Crippen LogP contribution < -0.4 is 5.32 Å². The zero-order valence-corrected chi connectivity index (χ0v) is 15.7. The van der Waals surface area contributed by atoms with E-state index >= 15 is 0 Å². The van der Waals surface area contributed by atoms with Crippen molar-refractivity contribution in [2.75, 3.05) is 0 Å². The Bertz CT molecular complexity index is 1030. The van der Waals surface area contributed by atoms with Crippen molar-refractivity contribution >= 4 is 38.4 Å². The smallest absolute Gasteiger partial charge is 0.345 e. The quantitative estimate of drug-likeness (QED) is 0.406. The molecule has 2 aromatic carbocycles. The third kappa shape index (κ3) is 4.50. The SMILES string of the molecule is O=C(NC(CC(F)(F)F)c1ccc(Br)cc1)c1cc2cccc([N+](=O)[O-])c2[nH]1. The molecule has 0 aliphatic rings. The minimum atomic E-state index is -4.50. The van der Waals surface area contributed by atoms with Gasteiger partial charge in [0.2, 0.25) is 0 Å². The van der Waals surface area contributed by atoms with E-state index in [-0.39, 0.29) is 22.5 Å². The summed E-state index contributed by atoms with van der Waals surface area (Å²) in [6.07, 6.45) is -5.75. The second-order valence-electron chi connectivity index (χ2n) is 6.08. The average Bonchev–Trinajstić information content (AvgIpc) is 3.04. The molecule has 6 nitrogen and oxygen atoms in total. The molecule has 1 aromatic heterocycles. The highest BCUT2D eigenvalue weighted by atomic mass is 79.9. The summed E-state index contributed by atoms with van der Waals surface area (Å²) in [6.45, 7) is 0. The van der Waals surface area contributed by atoms with Crippen molar-refractivity contribution in [1.82, 2.24) is 10.3 Å². The molecule has 10 heteroatoms. The summed E-state index contributed by atoms with van der Waals surface area (Å²) in [5.41, 5.74) is 0.134. The lowest BCUT2D eigenvalue weighted by molar-refractivity contribution is -0.383. The summed E-state index contributed by atoms with van der Waals surface area (Å²) >= 11 is 3.21. The minimum Gasteiger partial charge on any atom is -0.345 e. The normalized spacial score (nSPS) is 12.7. The fourth-order valence-electron chi connectivity index (χ4n) is 2.83. The molecule has 1 heterocycles. The van der Waals surface area contributed by atoms with Crippen LogP contribution >= 0.6 is 15.9 Å². The van der Waals surface area contributed by atoms with E-state index in [4.69, 9.17) is 0 Å². The average molecular weight is 456 g/mol. The molecule has 2 N–H and O–H groups in total. The first-order chi connectivity index (χ1) is 13.1. The molecule has 1 unspecified atom stereocenters. The Kier molecular flexibility index (Phi) is 5.41. The molecule has 1 amide bonds. The molecule has 28 heavy (non-hydrogen) atoms. The maximum Gasteiger partial charge on any atom is 0.391 e. The van der Waals surface area contributed by atoms with Gasteiger partial charge < -0.3 is 10.3 Å². The van der Waals surface area contributed by atoms with E-state index in [9.17, 15) is 28.1 Å². The summed E-state index contributed by atoms with van der Waals surface area (Å²) < 4.78 is 39.7. The molecule has 3 rings (SSSR count). The Hall–Kier alpha value is -2.88. The van der Waals surface area contributed by atoms with Gasteiger partial charge in [-0.1, -0.05) is 40.2 Å². The molecule has 146 valence electrons. The van der Waals surface area contributed by atoms with Gasteiger partial charge in [-0.25, -0.2) is 0 Å². The highest BCUT2D eigenvalue weighted by Crippen LogP contribution is 2.31. The second kappa shape index (κ2) is 7.63. The Balaban J connectivity index is 1.91. The molecule has 0 spiro atoms. The van der Waals surface area contributed by atoms with Crippen LogP contribution in [0.3, 0.4) is 0 Å². The van der Waals surface area contributed by atoms with Gasteiger partial charge in [0.05, 0.1) is 17.4 Å². The van der Waals surface area contributed by atoms with E-state index < -0.39 is 29.5 Å². The lowest BCUT2D eigenvalue weighted by atomic mass is 10.0. The van der Waals surface area contributed by atoms with E-state index in [1.54, 1.807) is 18.2 Å². The number of non-ortho nitro benzene ring substituents is 1. The van der Waals surface area contributed by atoms with Crippen LogP contribution in [0.4, 0.5) is 18.9 Å². The Morgan fingerprint density at radius 1 is 1.21 bits per heavy atom. The molecule has 3 aromatic rings. The van der Waals surface area contributed by atoms with Gasteiger partial charge in [0.25, 0.3) is 11.6 Å². The first-order valence-electron chi connectivity index (χ1n) is 8.03. The van der Waals surface area contributed by atoms with Crippen molar-refractivity contribution in [3.8, 4) is 0 Å². The Morgan fingerprint density at radius 2 is 1.89 bits per heavy atom. The topological polar surface area (TPSA) is 88.0 Å². The van der Waals surface area contributed by atoms with Gasteiger partial charge in [-0.15, -0.1) is 0 Å². The number of hydrogen-bond acceptors (Lipinski definition) is 3. The number of rotatable bonds is 5. The number of fused-ring (bicyclic) bond motifs is 1. The van der Waals surface area contributed by atoms with Crippen molar-refractivity contribution in [3.05, 3.63) is 74.4 Å². The predicted molar refractivity (Wildman–Crippen MR) is 100.0 cm³/mol. The number of benzene rings is 2. The highest BCUT2D eigenvalue weighted by Gasteiger charge is 2.34. The molecular weight excluding hydrogens is 443 g/mol. The maximum atomic E-state index is 13.0. The summed E-state index contributed by atoms with van der Waals surface area (Å²) in [6, 6.07) is 10.5. The minimum absolute atomic E-state index is 0.0615. The first-order valence-corrected chi connectivity index (χ1v) is 8.82.